The van der Waals surface area contributed by atoms with E-state index in [0.717, 1.165) is 17.8 Å². The van der Waals surface area contributed by atoms with Crippen molar-refractivity contribution in [3.63, 3.8) is 0 Å². The molecule has 1 saturated heterocycles. The summed E-state index contributed by atoms with van der Waals surface area (Å²) in [4.78, 5) is 50.4. The molecule has 12 heteroatoms. The van der Waals surface area contributed by atoms with Crippen LogP contribution in [0.3, 0.4) is 0 Å². The van der Waals surface area contributed by atoms with Gasteiger partial charge in [-0.3, -0.25) is 14.4 Å². The van der Waals surface area contributed by atoms with Crippen LogP contribution in [0.1, 0.15) is 45.5 Å². The van der Waals surface area contributed by atoms with Crippen LogP contribution >= 0.6 is 11.3 Å². The van der Waals surface area contributed by atoms with Crippen LogP contribution in [0.15, 0.2) is 67.5 Å². The van der Waals surface area contributed by atoms with Gasteiger partial charge in [0.1, 0.15) is 5.75 Å². The number of ketones is 1. The fourth-order valence-corrected chi connectivity index (χ4v) is 6.86. The monoisotopic (exact) mass is 583 g/mol. The van der Waals surface area contributed by atoms with Crippen molar-refractivity contribution < 1.29 is 19.1 Å². The summed E-state index contributed by atoms with van der Waals surface area (Å²) in [5.74, 6) is -0.0979. The van der Waals surface area contributed by atoms with Crippen LogP contribution in [0.25, 0.3) is 10.1 Å². The lowest BCUT2D eigenvalue weighted by Crippen LogP contribution is -2.53. The molecule has 1 aliphatic carbocycles. The van der Waals surface area contributed by atoms with Gasteiger partial charge in [-0.25, -0.2) is 9.97 Å². The summed E-state index contributed by atoms with van der Waals surface area (Å²) in [6.45, 7) is 4.51. The van der Waals surface area contributed by atoms with Crippen molar-refractivity contribution in [1.82, 2.24) is 20.2 Å². The normalized spacial score (nSPS) is 21.7. The van der Waals surface area contributed by atoms with Crippen molar-refractivity contribution in [2.45, 2.75) is 30.5 Å². The average Bonchev–Trinajstić information content (AvgIpc) is 3.42. The van der Waals surface area contributed by atoms with Crippen LogP contribution in [0.4, 0.5) is 5.69 Å². The van der Waals surface area contributed by atoms with E-state index in [1.54, 1.807) is 29.2 Å². The Bertz CT molecular complexity index is 1720. The van der Waals surface area contributed by atoms with Gasteiger partial charge in [0, 0.05) is 35.8 Å². The standard InChI is InChI=1S/C30H29N7O4S/c1-2-21(38)37-12-6-7-16(15-37)36-28(40)26-23-22-19(10-11-20(31)25(22)42-26)30(33,27(39)24(23)32)29-34-13-18(14-35-29)41-17-8-4-3-5-9-17/h2-5,8-11,13-14,16,24H,1,6-7,12,15,31-33H2,(H,36,40). The molecule has 1 aliphatic heterocycles. The van der Waals surface area contributed by atoms with Crippen molar-refractivity contribution >= 4 is 44.7 Å². The van der Waals surface area contributed by atoms with Gasteiger partial charge in [0.2, 0.25) is 5.91 Å². The molecule has 0 radical (unpaired) electrons. The molecule has 3 atom stereocenters. The Kier molecular flexibility index (Phi) is 6.97. The lowest BCUT2D eigenvalue weighted by atomic mass is 9.73. The zero-order valence-corrected chi connectivity index (χ0v) is 23.4. The van der Waals surface area contributed by atoms with Gasteiger partial charge in [0.15, 0.2) is 22.9 Å². The summed E-state index contributed by atoms with van der Waals surface area (Å²) >= 11 is 1.16. The third-order valence-electron chi connectivity index (χ3n) is 7.72. The molecule has 0 bridgehead atoms. The van der Waals surface area contributed by atoms with E-state index in [4.69, 9.17) is 21.9 Å². The molecule has 2 amide bonds. The minimum Gasteiger partial charge on any atom is -0.454 e. The van der Waals surface area contributed by atoms with Gasteiger partial charge in [-0.1, -0.05) is 30.8 Å². The Morgan fingerprint density at radius 2 is 1.88 bits per heavy atom. The molecule has 3 unspecified atom stereocenters. The van der Waals surface area contributed by atoms with E-state index in [-0.39, 0.29) is 28.6 Å². The van der Waals surface area contributed by atoms with Crippen molar-refractivity contribution in [1.29, 1.82) is 0 Å². The topological polar surface area (TPSA) is 180 Å². The van der Waals surface area contributed by atoms with Crippen molar-refractivity contribution in [3.8, 4) is 11.5 Å². The molecule has 7 N–H and O–H groups in total. The quantitative estimate of drug-likeness (QED) is 0.196. The Labute approximate surface area is 245 Å². The van der Waals surface area contributed by atoms with Crippen LogP contribution in [0.5, 0.6) is 11.5 Å². The van der Waals surface area contributed by atoms with Crippen molar-refractivity contribution in [2.75, 3.05) is 18.8 Å². The maximum Gasteiger partial charge on any atom is 0.262 e. The van der Waals surface area contributed by atoms with E-state index in [9.17, 15) is 14.4 Å². The molecule has 2 aromatic heterocycles. The molecular weight excluding hydrogens is 554 g/mol. The van der Waals surface area contributed by atoms with Crippen LogP contribution in [-0.4, -0.2) is 51.6 Å². The number of carbonyl (C=O) groups excluding carboxylic acids is 3. The van der Waals surface area contributed by atoms with Gasteiger partial charge in [-0.05, 0) is 42.7 Å². The second-order valence-electron chi connectivity index (χ2n) is 10.4. The maximum absolute atomic E-state index is 14.0. The average molecular weight is 584 g/mol. The van der Waals surface area contributed by atoms with E-state index in [1.807, 2.05) is 18.2 Å². The number of para-hydroxylation sites is 1. The van der Waals surface area contributed by atoms with Crippen LogP contribution < -0.4 is 27.3 Å². The SMILES string of the molecule is C=CC(=O)N1CCCC(NC(=O)c2sc3c(N)ccc4c3c2C(N)C(=O)C4(N)c2ncc(Oc3ccccc3)cn2)C1. The highest BCUT2D eigenvalue weighted by molar-refractivity contribution is 7.21. The largest absolute Gasteiger partial charge is 0.454 e. The zero-order valence-electron chi connectivity index (χ0n) is 22.6. The van der Waals surface area contributed by atoms with E-state index in [0.29, 0.717) is 57.9 Å². The number of hydrogen-bond donors (Lipinski definition) is 4. The molecule has 42 heavy (non-hydrogen) atoms. The number of hydrogen-bond acceptors (Lipinski definition) is 10. The van der Waals surface area contributed by atoms with Gasteiger partial charge in [0.25, 0.3) is 5.91 Å². The van der Waals surface area contributed by atoms with Gasteiger partial charge >= 0.3 is 0 Å². The number of nitrogens with zero attached hydrogens (tertiary/aromatic N) is 3. The number of carbonyl (C=O) groups is 3. The number of ether oxygens (including phenoxy) is 1. The molecule has 11 nitrogen and oxygen atoms in total. The highest BCUT2D eigenvalue weighted by Gasteiger charge is 2.50. The summed E-state index contributed by atoms with van der Waals surface area (Å²) in [5, 5.41) is 3.58. The third kappa shape index (κ3) is 4.49. The maximum atomic E-state index is 14.0. The summed E-state index contributed by atoms with van der Waals surface area (Å²) < 4.78 is 6.39. The number of nitrogens with one attached hydrogen (secondary N) is 1. The molecule has 4 aromatic rings. The van der Waals surface area contributed by atoms with Gasteiger partial charge in [-0.15, -0.1) is 11.3 Å². The molecule has 2 aromatic carbocycles. The molecule has 214 valence electrons. The lowest BCUT2D eigenvalue weighted by molar-refractivity contribution is -0.127. The first kappa shape index (κ1) is 27.5. The van der Waals surface area contributed by atoms with E-state index < -0.39 is 17.4 Å². The van der Waals surface area contributed by atoms with Gasteiger partial charge in [-0.2, -0.15) is 0 Å². The Morgan fingerprint density at radius 3 is 2.60 bits per heavy atom. The molecular formula is C30H29N7O4S. The number of piperidine rings is 1. The highest BCUT2D eigenvalue weighted by atomic mass is 32.1. The van der Waals surface area contributed by atoms with Gasteiger partial charge < -0.3 is 32.2 Å². The van der Waals surface area contributed by atoms with E-state index in [1.165, 1.54) is 18.5 Å². The van der Waals surface area contributed by atoms with Crippen LogP contribution in [0.2, 0.25) is 0 Å². The molecule has 0 spiro atoms. The van der Waals surface area contributed by atoms with Crippen LogP contribution in [-0.2, 0) is 15.1 Å². The molecule has 6 rings (SSSR count). The number of Topliss-reactive ketones (excluding diaryl/α,β-unsaturated/α-hetero) is 1. The van der Waals surface area contributed by atoms with Gasteiger partial charge in [0.05, 0.1) is 28.0 Å². The summed E-state index contributed by atoms with van der Waals surface area (Å²) in [5.41, 5.74) is 19.2. The second kappa shape index (κ2) is 10.6. The number of rotatable bonds is 6. The number of aromatic nitrogens is 2. The Balaban J connectivity index is 1.36. The number of likely N-dealkylation sites (tertiary alicyclic amines) is 1. The number of benzene rings is 2. The predicted molar refractivity (Wildman–Crippen MR) is 159 cm³/mol. The molecule has 2 aliphatic rings. The minimum atomic E-state index is -1.78. The minimum absolute atomic E-state index is 0.0477. The van der Waals surface area contributed by atoms with Crippen molar-refractivity contribution in [3.05, 3.63) is 89.3 Å². The molecule has 0 saturated carbocycles. The summed E-state index contributed by atoms with van der Waals surface area (Å²) in [7, 11) is 0. The summed E-state index contributed by atoms with van der Waals surface area (Å²) in [6, 6.07) is 11.0. The van der Waals surface area contributed by atoms with Crippen molar-refractivity contribution in [2.24, 2.45) is 11.5 Å². The predicted octanol–water partition coefficient (Wildman–Crippen LogP) is 2.76. The lowest BCUT2D eigenvalue weighted by Gasteiger charge is -2.35. The first-order valence-corrected chi connectivity index (χ1v) is 14.3. The smallest absolute Gasteiger partial charge is 0.262 e. The third-order valence-corrected chi connectivity index (χ3v) is 8.98. The fourth-order valence-electron chi connectivity index (χ4n) is 5.65. The summed E-state index contributed by atoms with van der Waals surface area (Å²) in [6.07, 6.45) is 5.61. The molecule has 1 fully saturated rings. The number of nitrogens with two attached hydrogens (primary N) is 3. The first-order chi connectivity index (χ1) is 20.2. The number of thiophene rings is 1. The number of anilines is 1. The number of nitrogen functional groups attached to an aromatic ring is 1. The Morgan fingerprint density at radius 1 is 1.14 bits per heavy atom. The Hall–Kier alpha value is -4.65. The zero-order chi connectivity index (χ0) is 29.6. The fraction of sp³-hybridized carbons (Fsp3) is 0.233. The second-order valence-corrected chi connectivity index (χ2v) is 11.4. The highest BCUT2D eigenvalue weighted by Crippen LogP contribution is 2.49. The van der Waals surface area contributed by atoms with E-state index >= 15 is 0 Å². The first-order valence-electron chi connectivity index (χ1n) is 13.4. The van der Waals surface area contributed by atoms with Crippen LogP contribution in [0, 0.1) is 0 Å². The molecule has 3 heterocycles. The van der Waals surface area contributed by atoms with E-state index in [2.05, 4.69) is 21.9 Å². The number of amides is 2.